The average molecular weight is 406 g/mol. The molecule has 0 aliphatic carbocycles. The highest BCUT2D eigenvalue weighted by molar-refractivity contribution is 6.30. The Labute approximate surface area is 170 Å². The first-order valence-electron chi connectivity index (χ1n) is 9.34. The van der Waals surface area contributed by atoms with E-state index in [1.807, 2.05) is 24.3 Å². The van der Waals surface area contributed by atoms with E-state index in [-0.39, 0.29) is 24.4 Å². The maximum atomic E-state index is 12.9. The third kappa shape index (κ3) is 5.92. The number of likely N-dealkylation sites (N-methyl/N-ethyl adjacent to an activating group) is 1. The van der Waals surface area contributed by atoms with Gasteiger partial charge in [0.15, 0.2) is 6.61 Å². The van der Waals surface area contributed by atoms with Crippen molar-refractivity contribution < 1.29 is 13.9 Å². The zero-order valence-electron chi connectivity index (χ0n) is 15.9. The van der Waals surface area contributed by atoms with Gasteiger partial charge in [-0.3, -0.25) is 9.69 Å². The van der Waals surface area contributed by atoms with Crippen LogP contribution in [0.15, 0.2) is 48.5 Å². The van der Waals surface area contributed by atoms with Gasteiger partial charge in [-0.05, 0) is 49.0 Å². The molecule has 1 amide bonds. The van der Waals surface area contributed by atoms with Crippen LogP contribution in [-0.2, 0) is 4.79 Å². The Morgan fingerprint density at radius 3 is 2.39 bits per heavy atom. The van der Waals surface area contributed by atoms with Crippen LogP contribution < -0.4 is 10.1 Å². The second-order valence-corrected chi connectivity index (χ2v) is 7.39. The molecule has 1 fully saturated rings. The van der Waals surface area contributed by atoms with E-state index in [4.69, 9.17) is 16.3 Å². The van der Waals surface area contributed by atoms with Crippen LogP contribution in [0.4, 0.5) is 4.39 Å². The van der Waals surface area contributed by atoms with Gasteiger partial charge in [0.05, 0.1) is 6.04 Å². The number of hydrogen-bond acceptors (Lipinski definition) is 4. The molecule has 150 valence electrons. The van der Waals surface area contributed by atoms with Crippen LogP contribution in [0.2, 0.25) is 5.02 Å². The topological polar surface area (TPSA) is 44.8 Å². The molecule has 1 aliphatic heterocycles. The molecule has 0 spiro atoms. The second-order valence-electron chi connectivity index (χ2n) is 6.95. The number of nitrogens with one attached hydrogen (secondary N) is 1. The Balaban J connectivity index is 1.58. The third-order valence-corrected chi connectivity index (χ3v) is 5.16. The third-order valence-electron chi connectivity index (χ3n) is 4.91. The summed E-state index contributed by atoms with van der Waals surface area (Å²) < 4.78 is 18.4. The van der Waals surface area contributed by atoms with Crippen molar-refractivity contribution in [3.8, 4) is 5.75 Å². The molecule has 2 aromatic rings. The molecule has 0 aromatic heterocycles. The monoisotopic (exact) mass is 405 g/mol. The van der Waals surface area contributed by atoms with Gasteiger partial charge in [0.2, 0.25) is 0 Å². The minimum atomic E-state index is -0.338. The van der Waals surface area contributed by atoms with Gasteiger partial charge in [-0.15, -0.1) is 0 Å². The molecule has 3 rings (SSSR count). The van der Waals surface area contributed by atoms with Crippen molar-refractivity contribution >= 4 is 17.5 Å². The van der Waals surface area contributed by atoms with Crippen molar-refractivity contribution in [2.75, 3.05) is 46.4 Å². The molecule has 1 N–H and O–H groups in total. The molecule has 5 nitrogen and oxygen atoms in total. The highest BCUT2D eigenvalue weighted by Crippen LogP contribution is 2.23. The minimum Gasteiger partial charge on any atom is -0.484 e. The number of halogens is 2. The molecular formula is C21H25ClFN3O2. The molecule has 1 aliphatic rings. The fraction of sp³-hybridized carbons (Fsp3) is 0.381. The molecular weight excluding hydrogens is 381 g/mol. The van der Waals surface area contributed by atoms with E-state index in [1.165, 1.54) is 24.3 Å². The van der Waals surface area contributed by atoms with Crippen LogP contribution in [0.25, 0.3) is 0 Å². The SMILES string of the molecule is CN1CCN(C(CNC(=O)COc2ccc(F)cc2)c2ccc(Cl)cc2)CC1. The summed E-state index contributed by atoms with van der Waals surface area (Å²) in [5, 5.41) is 3.65. The molecule has 0 saturated carbocycles. The lowest BCUT2D eigenvalue weighted by Crippen LogP contribution is -2.48. The lowest BCUT2D eigenvalue weighted by molar-refractivity contribution is -0.123. The number of rotatable bonds is 7. The summed E-state index contributed by atoms with van der Waals surface area (Å²) in [6.07, 6.45) is 0. The number of nitrogens with zero attached hydrogens (tertiary/aromatic N) is 2. The number of benzene rings is 2. The van der Waals surface area contributed by atoms with Crippen LogP contribution in [0, 0.1) is 5.82 Å². The molecule has 0 bridgehead atoms. The average Bonchev–Trinajstić information content (AvgIpc) is 2.70. The fourth-order valence-corrected chi connectivity index (χ4v) is 3.34. The smallest absolute Gasteiger partial charge is 0.258 e. The first kappa shape index (κ1) is 20.6. The largest absolute Gasteiger partial charge is 0.484 e. The van der Waals surface area contributed by atoms with Crippen LogP contribution >= 0.6 is 11.6 Å². The Hall–Kier alpha value is -2.15. The van der Waals surface area contributed by atoms with Gasteiger partial charge in [0.1, 0.15) is 11.6 Å². The maximum Gasteiger partial charge on any atom is 0.258 e. The quantitative estimate of drug-likeness (QED) is 0.769. The van der Waals surface area contributed by atoms with Crippen LogP contribution in [0.5, 0.6) is 5.75 Å². The van der Waals surface area contributed by atoms with Gasteiger partial charge < -0.3 is 15.0 Å². The van der Waals surface area contributed by atoms with Gasteiger partial charge in [-0.1, -0.05) is 23.7 Å². The van der Waals surface area contributed by atoms with Crippen LogP contribution in [0.1, 0.15) is 11.6 Å². The molecule has 2 aromatic carbocycles. The summed E-state index contributed by atoms with van der Waals surface area (Å²) in [7, 11) is 2.11. The van der Waals surface area contributed by atoms with Gasteiger partial charge >= 0.3 is 0 Å². The number of hydrogen-bond donors (Lipinski definition) is 1. The van der Waals surface area contributed by atoms with E-state index in [2.05, 4.69) is 22.2 Å². The van der Waals surface area contributed by atoms with Gasteiger partial charge in [-0.2, -0.15) is 0 Å². The van der Waals surface area contributed by atoms with E-state index >= 15 is 0 Å². The van der Waals surface area contributed by atoms with Crippen molar-refractivity contribution in [2.24, 2.45) is 0 Å². The molecule has 28 heavy (non-hydrogen) atoms. The van der Waals surface area contributed by atoms with Crippen molar-refractivity contribution in [1.29, 1.82) is 0 Å². The Morgan fingerprint density at radius 2 is 1.75 bits per heavy atom. The van der Waals surface area contributed by atoms with E-state index < -0.39 is 0 Å². The van der Waals surface area contributed by atoms with Gasteiger partial charge in [-0.25, -0.2) is 4.39 Å². The summed E-state index contributed by atoms with van der Waals surface area (Å²) in [6, 6.07) is 13.4. The minimum absolute atomic E-state index is 0.0701. The van der Waals surface area contributed by atoms with Gasteiger partial charge in [0, 0.05) is 37.7 Å². The van der Waals surface area contributed by atoms with E-state index in [1.54, 1.807) is 0 Å². The molecule has 1 unspecified atom stereocenters. The first-order valence-corrected chi connectivity index (χ1v) is 9.72. The fourth-order valence-electron chi connectivity index (χ4n) is 3.22. The van der Waals surface area contributed by atoms with Gasteiger partial charge in [0.25, 0.3) is 5.91 Å². The molecule has 0 radical (unpaired) electrons. The lowest BCUT2D eigenvalue weighted by Gasteiger charge is -2.38. The lowest BCUT2D eigenvalue weighted by atomic mass is 10.0. The zero-order valence-corrected chi connectivity index (χ0v) is 16.7. The van der Waals surface area contributed by atoms with E-state index in [9.17, 15) is 9.18 Å². The summed E-state index contributed by atoms with van der Waals surface area (Å²) >= 11 is 6.03. The molecule has 7 heteroatoms. The van der Waals surface area contributed by atoms with Crippen LogP contribution in [-0.4, -0.2) is 62.1 Å². The molecule has 1 heterocycles. The Kier molecular flexibility index (Phi) is 7.25. The standard InChI is InChI=1S/C21H25ClFN3O2/c1-25-10-12-26(13-11-25)20(16-2-4-17(22)5-3-16)14-24-21(27)15-28-19-8-6-18(23)7-9-19/h2-9,20H,10-15H2,1H3,(H,24,27). The highest BCUT2D eigenvalue weighted by Gasteiger charge is 2.24. The number of piperazine rings is 1. The summed E-state index contributed by atoms with van der Waals surface area (Å²) in [6.45, 7) is 4.23. The number of amides is 1. The van der Waals surface area contributed by atoms with E-state index in [0.717, 1.165) is 31.7 Å². The zero-order chi connectivity index (χ0) is 19.9. The van der Waals surface area contributed by atoms with Crippen molar-refractivity contribution in [3.63, 3.8) is 0 Å². The Morgan fingerprint density at radius 1 is 1.11 bits per heavy atom. The molecule has 1 saturated heterocycles. The summed E-state index contributed by atoms with van der Waals surface area (Å²) in [4.78, 5) is 16.9. The van der Waals surface area contributed by atoms with Crippen molar-refractivity contribution in [3.05, 3.63) is 64.9 Å². The van der Waals surface area contributed by atoms with Crippen LogP contribution in [0.3, 0.4) is 0 Å². The van der Waals surface area contributed by atoms with E-state index in [0.29, 0.717) is 17.3 Å². The summed E-state index contributed by atoms with van der Waals surface area (Å²) in [5.41, 5.74) is 1.12. The summed E-state index contributed by atoms with van der Waals surface area (Å²) in [5.74, 6) is -0.0860. The Bertz CT molecular complexity index is 762. The van der Waals surface area contributed by atoms with Crippen molar-refractivity contribution in [2.45, 2.75) is 6.04 Å². The number of carbonyl (C=O) groups excluding carboxylic acids is 1. The maximum absolute atomic E-state index is 12.9. The number of carbonyl (C=O) groups is 1. The predicted molar refractivity (Wildman–Crippen MR) is 108 cm³/mol. The predicted octanol–water partition coefficient (Wildman–Crippen LogP) is 2.96. The number of ether oxygens (including phenoxy) is 1. The normalized spacial score (nSPS) is 16.5. The molecule has 1 atom stereocenters. The first-order chi connectivity index (χ1) is 13.5. The highest BCUT2D eigenvalue weighted by atomic mass is 35.5. The van der Waals surface area contributed by atoms with Crippen molar-refractivity contribution in [1.82, 2.24) is 15.1 Å². The second kappa shape index (κ2) is 9.87.